The highest BCUT2D eigenvalue weighted by Crippen LogP contribution is 2.30. The lowest BCUT2D eigenvalue weighted by Gasteiger charge is -2.36. The van der Waals surface area contributed by atoms with Gasteiger partial charge in [-0.2, -0.15) is 5.10 Å². The molecule has 0 bridgehead atoms. The third kappa shape index (κ3) is 3.23. The zero-order chi connectivity index (χ0) is 15.6. The molecule has 0 atom stereocenters. The first-order chi connectivity index (χ1) is 10.6. The molecule has 2 amide bonds. The Kier molecular flexibility index (Phi) is 4.04. The number of anilines is 1. The highest BCUT2D eigenvalue weighted by molar-refractivity contribution is 6.32. The van der Waals surface area contributed by atoms with E-state index in [9.17, 15) is 9.90 Å². The fraction of sp³-hybridized carbons (Fsp3) is 0.333. The Morgan fingerprint density at radius 3 is 2.86 bits per heavy atom. The predicted molar refractivity (Wildman–Crippen MR) is 84.4 cm³/mol. The maximum Gasteiger partial charge on any atom is 0.319 e. The van der Waals surface area contributed by atoms with E-state index < -0.39 is 5.60 Å². The molecule has 6 nitrogen and oxygen atoms in total. The second-order valence-corrected chi connectivity index (χ2v) is 5.92. The number of nitrogens with one attached hydrogen (secondary N) is 2. The SMILES string of the molecule is O=C(NCC1(O)CCC1)Nc1cnn(-c2ccccc2Cl)c1. The van der Waals surface area contributed by atoms with Crippen LogP contribution in [0.3, 0.4) is 0 Å². The van der Waals surface area contributed by atoms with Crippen LogP contribution < -0.4 is 10.6 Å². The number of hydrogen-bond donors (Lipinski definition) is 3. The minimum Gasteiger partial charge on any atom is -0.388 e. The van der Waals surface area contributed by atoms with Crippen molar-refractivity contribution < 1.29 is 9.90 Å². The van der Waals surface area contributed by atoms with Crippen LogP contribution in [0.15, 0.2) is 36.7 Å². The normalized spacial score (nSPS) is 15.9. The van der Waals surface area contributed by atoms with Gasteiger partial charge in [-0.3, -0.25) is 0 Å². The largest absolute Gasteiger partial charge is 0.388 e. The summed E-state index contributed by atoms with van der Waals surface area (Å²) in [6, 6.07) is 6.96. The Balaban J connectivity index is 1.59. The summed E-state index contributed by atoms with van der Waals surface area (Å²) in [4.78, 5) is 11.8. The van der Waals surface area contributed by atoms with Crippen molar-refractivity contribution in [2.75, 3.05) is 11.9 Å². The molecule has 1 aliphatic carbocycles. The summed E-state index contributed by atoms with van der Waals surface area (Å²) in [7, 11) is 0. The number of hydrogen-bond acceptors (Lipinski definition) is 3. The molecule has 0 aliphatic heterocycles. The molecule has 2 aromatic rings. The third-order valence-corrected chi connectivity index (χ3v) is 4.12. The molecule has 0 unspecified atom stereocenters. The van der Waals surface area contributed by atoms with Crippen LogP contribution in [0.1, 0.15) is 19.3 Å². The standard InChI is InChI=1S/C15H17ClN4O2/c16-12-4-1-2-5-13(12)20-9-11(8-18-20)19-14(21)17-10-15(22)6-3-7-15/h1-2,4-5,8-9,22H,3,6-7,10H2,(H2,17,19,21). The van der Waals surface area contributed by atoms with Gasteiger partial charge in [-0.1, -0.05) is 23.7 Å². The molecular weight excluding hydrogens is 304 g/mol. The maximum absolute atomic E-state index is 11.8. The lowest BCUT2D eigenvalue weighted by Crippen LogP contribution is -2.48. The summed E-state index contributed by atoms with van der Waals surface area (Å²) in [5.74, 6) is 0. The molecule has 1 heterocycles. The minimum atomic E-state index is -0.737. The van der Waals surface area contributed by atoms with Crippen molar-refractivity contribution in [2.24, 2.45) is 0 Å². The van der Waals surface area contributed by atoms with Crippen molar-refractivity contribution in [2.45, 2.75) is 24.9 Å². The molecule has 1 saturated carbocycles. The molecule has 1 aromatic heterocycles. The number of carbonyl (C=O) groups is 1. The smallest absolute Gasteiger partial charge is 0.319 e. The van der Waals surface area contributed by atoms with Gasteiger partial charge >= 0.3 is 6.03 Å². The zero-order valence-electron chi connectivity index (χ0n) is 11.9. The monoisotopic (exact) mass is 320 g/mol. The number of carbonyl (C=O) groups excluding carboxylic acids is 1. The highest BCUT2D eigenvalue weighted by atomic mass is 35.5. The van der Waals surface area contributed by atoms with Crippen LogP contribution in [-0.2, 0) is 0 Å². The molecule has 1 aromatic carbocycles. The number of urea groups is 1. The second-order valence-electron chi connectivity index (χ2n) is 5.51. The summed E-state index contributed by atoms with van der Waals surface area (Å²) in [5, 5.41) is 20.0. The molecule has 3 N–H and O–H groups in total. The van der Waals surface area contributed by atoms with Crippen LogP contribution in [0.25, 0.3) is 5.69 Å². The van der Waals surface area contributed by atoms with E-state index in [1.807, 2.05) is 18.2 Å². The number of benzene rings is 1. The van der Waals surface area contributed by atoms with Crippen molar-refractivity contribution in [3.8, 4) is 5.69 Å². The van der Waals surface area contributed by atoms with Gasteiger partial charge in [0.25, 0.3) is 0 Å². The van der Waals surface area contributed by atoms with Gasteiger partial charge in [0, 0.05) is 6.54 Å². The summed E-state index contributed by atoms with van der Waals surface area (Å²) in [6.07, 6.45) is 5.69. The summed E-state index contributed by atoms with van der Waals surface area (Å²) >= 11 is 6.11. The number of nitrogens with zero attached hydrogens (tertiary/aromatic N) is 2. The summed E-state index contributed by atoms with van der Waals surface area (Å²) < 4.78 is 1.59. The first-order valence-corrected chi connectivity index (χ1v) is 7.50. The van der Waals surface area contributed by atoms with E-state index in [1.54, 1.807) is 23.1 Å². The average Bonchev–Trinajstić information content (AvgIpc) is 2.92. The number of para-hydroxylation sites is 1. The fourth-order valence-corrected chi connectivity index (χ4v) is 2.56. The molecule has 116 valence electrons. The van der Waals surface area contributed by atoms with Crippen molar-refractivity contribution in [1.29, 1.82) is 0 Å². The Bertz CT molecular complexity index is 682. The van der Waals surface area contributed by atoms with Crippen LogP contribution in [0.2, 0.25) is 5.02 Å². The number of aromatic nitrogens is 2. The van der Waals surface area contributed by atoms with Crippen molar-refractivity contribution in [3.05, 3.63) is 41.7 Å². The van der Waals surface area contributed by atoms with Crippen LogP contribution in [-0.4, -0.2) is 33.1 Å². The van der Waals surface area contributed by atoms with Gasteiger partial charge in [0.15, 0.2) is 0 Å². The van der Waals surface area contributed by atoms with E-state index in [4.69, 9.17) is 11.6 Å². The van der Waals surface area contributed by atoms with E-state index in [0.29, 0.717) is 10.7 Å². The van der Waals surface area contributed by atoms with E-state index in [-0.39, 0.29) is 12.6 Å². The van der Waals surface area contributed by atoms with Gasteiger partial charge in [-0.05, 0) is 31.4 Å². The van der Waals surface area contributed by atoms with Crippen LogP contribution >= 0.6 is 11.6 Å². The minimum absolute atomic E-state index is 0.261. The molecule has 0 spiro atoms. The predicted octanol–water partition coefficient (Wildman–Crippen LogP) is 2.56. The van der Waals surface area contributed by atoms with E-state index in [2.05, 4.69) is 15.7 Å². The Morgan fingerprint density at radius 1 is 1.41 bits per heavy atom. The Morgan fingerprint density at radius 2 is 2.18 bits per heavy atom. The van der Waals surface area contributed by atoms with Crippen LogP contribution in [0.4, 0.5) is 10.5 Å². The molecule has 1 fully saturated rings. The number of amides is 2. The Labute approximate surface area is 133 Å². The van der Waals surface area contributed by atoms with Gasteiger partial charge in [-0.15, -0.1) is 0 Å². The molecule has 7 heteroatoms. The summed E-state index contributed by atoms with van der Waals surface area (Å²) in [6.45, 7) is 0.261. The molecular formula is C15H17ClN4O2. The van der Waals surface area contributed by atoms with Crippen LogP contribution in [0.5, 0.6) is 0 Å². The molecule has 0 radical (unpaired) electrons. The van der Waals surface area contributed by atoms with E-state index in [1.165, 1.54) is 0 Å². The second kappa shape index (κ2) is 5.98. The quantitative estimate of drug-likeness (QED) is 0.810. The summed E-state index contributed by atoms with van der Waals surface area (Å²) in [5.41, 5.74) is 0.554. The molecule has 22 heavy (non-hydrogen) atoms. The van der Waals surface area contributed by atoms with Gasteiger partial charge in [0.05, 0.1) is 34.4 Å². The van der Waals surface area contributed by atoms with Gasteiger partial charge in [0.1, 0.15) is 0 Å². The topological polar surface area (TPSA) is 79.2 Å². The molecule has 1 aliphatic rings. The fourth-order valence-electron chi connectivity index (χ4n) is 2.34. The number of rotatable bonds is 4. The number of halogens is 1. The van der Waals surface area contributed by atoms with Crippen molar-refractivity contribution in [1.82, 2.24) is 15.1 Å². The Hall–Kier alpha value is -2.05. The van der Waals surface area contributed by atoms with Crippen LogP contribution in [0, 0.1) is 0 Å². The first-order valence-electron chi connectivity index (χ1n) is 7.13. The number of aliphatic hydroxyl groups is 1. The van der Waals surface area contributed by atoms with E-state index >= 15 is 0 Å². The van der Waals surface area contributed by atoms with Gasteiger partial charge in [-0.25, -0.2) is 9.48 Å². The lowest BCUT2D eigenvalue weighted by molar-refractivity contribution is -0.0287. The molecule has 0 saturated heterocycles. The molecule has 3 rings (SSSR count). The maximum atomic E-state index is 11.8. The van der Waals surface area contributed by atoms with Crippen molar-refractivity contribution in [3.63, 3.8) is 0 Å². The average molecular weight is 321 g/mol. The highest BCUT2D eigenvalue weighted by Gasteiger charge is 2.34. The lowest BCUT2D eigenvalue weighted by atomic mass is 9.80. The van der Waals surface area contributed by atoms with E-state index in [0.717, 1.165) is 24.9 Å². The third-order valence-electron chi connectivity index (χ3n) is 3.80. The van der Waals surface area contributed by atoms with Gasteiger partial charge in [0.2, 0.25) is 0 Å². The van der Waals surface area contributed by atoms with Gasteiger partial charge < -0.3 is 15.7 Å². The first kappa shape index (κ1) is 14.9. The van der Waals surface area contributed by atoms with Crippen molar-refractivity contribution >= 4 is 23.3 Å². The zero-order valence-corrected chi connectivity index (χ0v) is 12.7.